The molecular weight excluding hydrogens is 268 g/mol. The normalized spacial score (nSPS) is 28.0. The molecule has 2 fully saturated rings. The highest BCUT2D eigenvalue weighted by Crippen LogP contribution is 2.25. The van der Waals surface area contributed by atoms with E-state index in [-0.39, 0.29) is 13.0 Å². The Balaban J connectivity index is 1.78. The minimum absolute atomic E-state index is 0.210. The Morgan fingerprint density at radius 1 is 1.19 bits per heavy atom. The van der Waals surface area contributed by atoms with Crippen LogP contribution in [0.3, 0.4) is 0 Å². The van der Waals surface area contributed by atoms with E-state index in [0.29, 0.717) is 18.5 Å². The molecular formula is C16H30N2O3. The van der Waals surface area contributed by atoms with Gasteiger partial charge in [0.15, 0.2) is 0 Å². The Labute approximate surface area is 127 Å². The Bertz CT molecular complexity index is 319. The molecule has 0 spiro atoms. The van der Waals surface area contributed by atoms with Crippen molar-refractivity contribution in [1.29, 1.82) is 0 Å². The lowest BCUT2D eigenvalue weighted by atomic mass is 9.91. The van der Waals surface area contributed by atoms with Gasteiger partial charge in [-0.25, -0.2) is 0 Å². The molecule has 5 nitrogen and oxygen atoms in total. The molecule has 1 aliphatic carbocycles. The predicted octanol–water partition coefficient (Wildman–Crippen LogP) is 1.31. The quantitative estimate of drug-likeness (QED) is 0.630. The van der Waals surface area contributed by atoms with Crippen LogP contribution in [-0.2, 0) is 4.79 Å². The second kappa shape index (κ2) is 8.71. The summed E-state index contributed by atoms with van der Waals surface area (Å²) in [6.07, 6.45) is 7.58. The van der Waals surface area contributed by atoms with E-state index >= 15 is 0 Å². The summed E-state index contributed by atoms with van der Waals surface area (Å²) in [7, 11) is 0. The van der Waals surface area contributed by atoms with Crippen molar-refractivity contribution < 1.29 is 15.0 Å². The van der Waals surface area contributed by atoms with Crippen LogP contribution in [0, 0.1) is 11.8 Å². The van der Waals surface area contributed by atoms with Gasteiger partial charge in [0.25, 0.3) is 0 Å². The Hall–Kier alpha value is -0.650. The van der Waals surface area contributed by atoms with Gasteiger partial charge in [-0.05, 0) is 44.1 Å². The maximum absolute atomic E-state index is 10.7. The lowest BCUT2D eigenvalue weighted by Crippen LogP contribution is -2.50. The molecule has 2 atom stereocenters. The first-order valence-electron chi connectivity index (χ1n) is 8.45. The number of carboxylic acids is 1. The van der Waals surface area contributed by atoms with Gasteiger partial charge >= 0.3 is 5.97 Å². The van der Waals surface area contributed by atoms with Crippen molar-refractivity contribution in [2.75, 3.05) is 32.8 Å². The minimum Gasteiger partial charge on any atom is -0.481 e. The molecule has 1 heterocycles. The first-order valence-corrected chi connectivity index (χ1v) is 8.45. The van der Waals surface area contributed by atoms with Crippen LogP contribution >= 0.6 is 0 Å². The Morgan fingerprint density at radius 2 is 1.95 bits per heavy atom. The van der Waals surface area contributed by atoms with Gasteiger partial charge in [0, 0.05) is 32.3 Å². The molecule has 122 valence electrons. The molecule has 0 amide bonds. The third-order valence-corrected chi connectivity index (χ3v) is 4.96. The van der Waals surface area contributed by atoms with Gasteiger partial charge in [-0.1, -0.05) is 12.8 Å². The first kappa shape index (κ1) is 16.7. The molecule has 0 radical (unpaired) electrons. The highest BCUT2D eigenvalue weighted by Gasteiger charge is 2.27. The number of hydrogen-bond acceptors (Lipinski definition) is 4. The van der Waals surface area contributed by atoms with Gasteiger partial charge in [-0.15, -0.1) is 0 Å². The summed E-state index contributed by atoms with van der Waals surface area (Å²) >= 11 is 0. The number of likely N-dealkylation sites (tertiary alicyclic amines) is 1. The molecule has 1 aliphatic heterocycles. The van der Waals surface area contributed by atoms with Crippen molar-refractivity contribution in [1.82, 2.24) is 10.2 Å². The lowest BCUT2D eigenvalue weighted by molar-refractivity contribution is -0.137. The van der Waals surface area contributed by atoms with E-state index in [0.717, 1.165) is 38.4 Å². The van der Waals surface area contributed by atoms with E-state index in [4.69, 9.17) is 5.11 Å². The number of hydrogen-bond donors (Lipinski definition) is 3. The molecule has 1 saturated heterocycles. The van der Waals surface area contributed by atoms with Crippen LogP contribution in [0.5, 0.6) is 0 Å². The molecule has 5 heteroatoms. The number of rotatable bonds is 8. The van der Waals surface area contributed by atoms with Crippen molar-refractivity contribution in [3.63, 3.8) is 0 Å². The van der Waals surface area contributed by atoms with Crippen LogP contribution in [-0.4, -0.2) is 59.9 Å². The Kier molecular flexibility index (Phi) is 6.93. The van der Waals surface area contributed by atoms with Crippen LogP contribution in [0.1, 0.15) is 44.9 Å². The SMILES string of the molecule is O=C(O)CCN1CC(CCO)CC(NCC2CCCC2)C1. The van der Waals surface area contributed by atoms with E-state index in [1.54, 1.807) is 0 Å². The summed E-state index contributed by atoms with van der Waals surface area (Å²) in [6.45, 7) is 3.83. The van der Waals surface area contributed by atoms with Crippen LogP contribution in [0.2, 0.25) is 0 Å². The number of nitrogens with zero attached hydrogens (tertiary/aromatic N) is 1. The summed E-state index contributed by atoms with van der Waals surface area (Å²) in [5.74, 6) is 0.587. The highest BCUT2D eigenvalue weighted by atomic mass is 16.4. The lowest BCUT2D eigenvalue weighted by Gasteiger charge is -2.38. The van der Waals surface area contributed by atoms with E-state index in [9.17, 15) is 9.90 Å². The molecule has 0 aromatic rings. The molecule has 2 rings (SSSR count). The van der Waals surface area contributed by atoms with Crippen molar-refractivity contribution >= 4 is 5.97 Å². The molecule has 2 unspecified atom stereocenters. The zero-order valence-corrected chi connectivity index (χ0v) is 13.0. The topological polar surface area (TPSA) is 72.8 Å². The number of carbonyl (C=O) groups is 1. The first-order chi connectivity index (χ1) is 10.2. The van der Waals surface area contributed by atoms with Crippen LogP contribution < -0.4 is 5.32 Å². The summed E-state index contributed by atoms with van der Waals surface area (Å²) < 4.78 is 0. The average Bonchev–Trinajstić information content (AvgIpc) is 2.96. The van der Waals surface area contributed by atoms with Crippen LogP contribution in [0.4, 0.5) is 0 Å². The third kappa shape index (κ3) is 5.93. The zero-order valence-electron chi connectivity index (χ0n) is 13.0. The van der Waals surface area contributed by atoms with E-state index in [2.05, 4.69) is 10.2 Å². The Morgan fingerprint density at radius 3 is 2.62 bits per heavy atom. The second-order valence-electron chi connectivity index (χ2n) is 6.77. The maximum Gasteiger partial charge on any atom is 0.304 e. The van der Waals surface area contributed by atoms with E-state index in [1.165, 1.54) is 25.7 Å². The van der Waals surface area contributed by atoms with Gasteiger partial charge in [0.05, 0.1) is 6.42 Å². The van der Waals surface area contributed by atoms with E-state index < -0.39 is 5.97 Å². The fraction of sp³-hybridized carbons (Fsp3) is 0.938. The number of aliphatic carboxylic acids is 1. The fourth-order valence-corrected chi connectivity index (χ4v) is 3.83. The smallest absolute Gasteiger partial charge is 0.304 e. The molecule has 0 bridgehead atoms. The molecule has 0 aromatic heterocycles. The molecule has 2 aliphatic rings. The summed E-state index contributed by atoms with van der Waals surface area (Å²) in [4.78, 5) is 13.0. The summed E-state index contributed by atoms with van der Waals surface area (Å²) in [5.41, 5.74) is 0. The highest BCUT2D eigenvalue weighted by molar-refractivity contribution is 5.66. The molecule has 21 heavy (non-hydrogen) atoms. The van der Waals surface area contributed by atoms with Crippen molar-refractivity contribution in [3.8, 4) is 0 Å². The molecule has 3 N–H and O–H groups in total. The predicted molar refractivity (Wildman–Crippen MR) is 82.3 cm³/mol. The largest absolute Gasteiger partial charge is 0.481 e. The molecule has 1 saturated carbocycles. The van der Waals surface area contributed by atoms with Crippen LogP contribution in [0.25, 0.3) is 0 Å². The number of aliphatic hydroxyl groups is 1. The van der Waals surface area contributed by atoms with Gasteiger partial charge in [-0.3, -0.25) is 4.79 Å². The van der Waals surface area contributed by atoms with Crippen molar-refractivity contribution in [3.05, 3.63) is 0 Å². The van der Waals surface area contributed by atoms with Crippen molar-refractivity contribution in [2.24, 2.45) is 11.8 Å². The second-order valence-corrected chi connectivity index (χ2v) is 6.77. The van der Waals surface area contributed by atoms with E-state index in [1.807, 2.05) is 0 Å². The standard InChI is InChI=1S/C16H30N2O3/c19-8-6-14-9-15(17-10-13-3-1-2-4-13)12-18(11-14)7-5-16(20)21/h13-15,17,19H,1-12H2,(H,20,21). The van der Waals surface area contributed by atoms with Crippen LogP contribution in [0.15, 0.2) is 0 Å². The number of piperidine rings is 1. The number of aliphatic hydroxyl groups excluding tert-OH is 1. The summed E-state index contributed by atoms with van der Waals surface area (Å²) in [5, 5.41) is 21.7. The van der Waals surface area contributed by atoms with Gasteiger partial charge < -0.3 is 20.4 Å². The fourth-order valence-electron chi connectivity index (χ4n) is 3.83. The minimum atomic E-state index is -0.727. The number of nitrogens with one attached hydrogen (secondary N) is 1. The van der Waals surface area contributed by atoms with Gasteiger partial charge in [0.2, 0.25) is 0 Å². The summed E-state index contributed by atoms with van der Waals surface area (Å²) in [6, 6.07) is 0.449. The monoisotopic (exact) mass is 298 g/mol. The molecule has 0 aromatic carbocycles. The van der Waals surface area contributed by atoms with Gasteiger partial charge in [-0.2, -0.15) is 0 Å². The van der Waals surface area contributed by atoms with Crippen molar-refractivity contribution in [2.45, 2.75) is 51.0 Å². The van der Waals surface area contributed by atoms with Gasteiger partial charge in [0.1, 0.15) is 0 Å². The average molecular weight is 298 g/mol. The zero-order chi connectivity index (χ0) is 15.1. The third-order valence-electron chi connectivity index (χ3n) is 4.96. The maximum atomic E-state index is 10.7. The number of carboxylic acid groups (broad SMARTS) is 1.